The van der Waals surface area contributed by atoms with E-state index in [1.807, 2.05) is 31.2 Å². The molecule has 2 aromatic rings. The molecule has 3 nitrogen and oxygen atoms in total. The first-order chi connectivity index (χ1) is 8.16. The van der Waals surface area contributed by atoms with Crippen molar-refractivity contribution < 1.29 is 0 Å². The molecule has 1 aliphatic rings. The molecule has 0 spiro atoms. The zero-order valence-electron chi connectivity index (χ0n) is 9.65. The second-order valence-electron chi connectivity index (χ2n) is 4.56. The zero-order chi connectivity index (χ0) is 12.0. The highest BCUT2D eigenvalue weighted by molar-refractivity contribution is 6.31. The summed E-state index contributed by atoms with van der Waals surface area (Å²) in [4.78, 5) is 0. The Hall–Kier alpha value is -1.48. The quantitative estimate of drug-likeness (QED) is 0.885. The number of nitrogen functional groups attached to an aromatic ring is 1. The highest BCUT2D eigenvalue weighted by Gasteiger charge is 2.27. The second kappa shape index (κ2) is 3.77. The van der Waals surface area contributed by atoms with Gasteiger partial charge < -0.3 is 5.73 Å². The van der Waals surface area contributed by atoms with E-state index in [2.05, 4.69) is 5.10 Å². The summed E-state index contributed by atoms with van der Waals surface area (Å²) >= 11 is 6.12. The van der Waals surface area contributed by atoms with E-state index in [1.165, 1.54) is 12.8 Å². The van der Waals surface area contributed by atoms with Crippen LogP contribution in [0.1, 0.15) is 30.0 Å². The molecule has 0 atom stereocenters. The molecule has 1 aromatic heterocycles. The monoisotopic (exact) mass is 247 g/mol. The van der Waals surface area contributed by atoms with Crippen LogP contribution < -0.4 is 5.73 Å². The summed E-state index contributed by atoms with van der Waals surface area (Å²) in [6.45, 7) is 1.98. The van der Waals surface area contributed by atoms with E-state index in [0.717, 1.165) is 22.0 Å². The third-order valence-corrected chi connectivity index (χ3v) is 3.63. The van der Waals surface area contributed by atoms with Crippen LogP contribution in [0.5, 0.6) is 0 Å². The standard InChI is InChI=1S/C13H14ClN3/c1-8-10(14)3-2-4-12(8)17-13(15)7-11(16-17)9-5-6-9/h2-4,7,9H,5-6,15H2,1H3. The van der Waals surface area contributed by atoms with Crippen LogP contribution >= 0.6 is 11.6 Å². The molecular formula is C13H14ClN3. The molecule has 4 heteroatoms. The summed E-state index contributed by atoms with van der Waals surface area (Å²) in [6, 6.07) is 7.75. The van der Waals surface area contributed by atoms with E-state index < -0.39 is 0 Å². The molecular weight excluding hydrogens is 234 g/mol. The van der Waals surface area contributed by atoms with Crippen molar-refractivity contribution in [2.75, 3.05) is 5.73 Å². The van der Waals surface area contributed by atoms with E-state index in [-0.39, 0.29) is 0 Å². The first-order valence-corrected chi connectivity index (χ1v) is 6.15. The van der Waals surface area contributed by atoms with Gasteiger partial charge in [-0.2, -0.15) is 5.10 Å². The Bertz CT molecular complexity index is 570. The summed E-state index contributed by atoms with van der Waals surface area (Å²) in [5.74, 6) is 1.29. The minimum atomic E-state index is 0.609. The number of nitrogens with zero attached hydrogens (tertiary/aromatic N) is 2. The fourth-order valence-corrected chi connectivity index (χ4v) is 2.18. The van der Waals surface area contributed by atoms with Gasteiger partial charge in [0.25, 0.3) is 0 Å². The van der Waals surface area contributed by atoms with E-state index >= 15 is 0 Å². The summed E-state index contributed by atoms with van der Waals surface area (Å²) in [6.07, 6.45) is 2.45. The second-order valence-corrected chi connectivity index (χ2v) is 4.97. The highest BCUT2D eigenvalue weighted by atomic mass is 35.5. The lowest BCUT2D eigenvalue weighted by Crippen LogP contribution is -2.04. The first-order valence-electron chi connectivity index (χ1n) is 5.78. The van der Waals surface area contributed by atoms with E-state index in [4.69, 9.17) is 17.3 Å². The first kappa shape index (κ1) is 10.7. The summed E-state index contributed by atoms with van der Waals surface area (Å²) < 4.78 is 1.79. The minimum Gasteiger partial charge on any atom is -0.384 e. The van der Waals surface area contributed by atoms with Crippen LogP contribution in [0.3, 0.4) is 0 Å². The number of aromatic nitrogens is 2. The van der Waals surface area contributed by atoms with Gasteiger partial charge in [-0.25, -0.2) is 4.68 Å². The lowest BCUT2D eigenvalue weighted by molar-refractivity contribution is 0.839. The number of rotatable bonds is 2. The molecule has 0 radical (unpaired) electrons. The molecule has 1 aliphatic carbocycles. The third-order valence-electron chi connectivity index (χ3n) is 3.22. The van der Waals surface area contributed by atoms with Crippen LogP contribution in [0.2, 0.25) is 5.02 Å². The van der Waals surface area contributed by atoms with Crippen LogP contribution in [0.15, 0.2) is 24.3 Å². The van der Waals surface area contributed by atoms with Gasteiger partial charge in [-0.15, -0.1) is 0 Å². The van der Waals surface area contributed by atoms with Crippen molar-refractivity contribution in [3.8, 4) is 5.69 Å². The number of hydrogen-bond acceptors (Lipinski definition) is 2. The van der Waals surface area contributed by atoms with Gasteiger partial charge in [0.2, 0.25) is 0 Å². The normalized spacial score (nSPS) is 15.2. The molecule has 1 fully saturated rings. The average Bonchev–Trinajstić information content (AvgIpc) is 3.07. The highest BCUT2D eigenvalue weighted by Crippen LogP contribution is 2.40. The number of nitrogens with two attached hydrogens (primary N) is 1. The van der Waals surface area contributed by atoms with Gasteiger partial charge in [0.15, 0.2) is 0 Å². The lowest BCUT2D eigenvalue weighted by Gasteiger charge is -2.08. The van der Waals surface area contributed by atoms with Crippen LogP contribution in [-0.2, 0) is 0 Å². The smallest absolute Gasteiger partial charge is 0.127 e. The Morgan fingerprint density at radius 1 is 1.41 bits per heavy atom. The molecule has 17 heavy (non-hydrogen) atoms. The van der Waals surface area contributed by atoms with Crippen LogP contribution in [0, 0.1) is 6.92 Å². The van der Waals surface area contributed by atoms with Crippen molar-refractivity contribution in [3.05, 3.63) is 40.5 Å². The molecule has 1 aromatic carbocycles. The molecule has 0 bridgehead atoms. The van der Waals surface area contributed by atoms with E-state index in [0.29, 0.717) is 11.7 Å². The molecule has 1 saturated carbocycles. The SMILES string of the molecule is Cc1c(Cl)cccc1-n1nc(C2CC2)cc1N. The summed E-state index contributed by atoms with van der Waals surface area (Å²) in [7, 11) is 0. The Labute approximate surface area is 105 Å². The Balaban J connectivity index is 2.11. The number of anilines is 1. The molecule has 1 heterocycles. The van der Waals surface area contributed by atoms with Crippen molar-refractivity contribution in [2.24, 2.45) is 0 Å². The Kier molecular flexibility index (Phi) is 2.37. The maximum absolute atomic E-state index is 6.12. The number of halogens is 1. The Morgan fingerprint density at radius 2 is 2.18 bits per heavy atom. The van der Waals surface area contributed by atoms with Crippen molar-refractivity contribution in [1.29, 1.82) is 0 Å². The topological polar surface area (TPSA) is 43.8 Å². The molecule has 0 amide bonds. The van der Waals surface area contributed by atoms with Gasteiger partial charge in [0.05, 0.1) is 11.4 Å². The predicted octanol–water partition coefficient (Wildman–Crippen LogP) is 3.29. The van der Waals surface area contributed by atoms with Crippen LogP contribution in [0.25, 0.3) is 5.69 Å². The molecule has 0 aliphatic heterocycles. The molecule has 0 saturated heterocycles. The van der Waals surface area contributed by atoms with Gasteiger partial charge >= 0.3 is 0 Å². The van der Waals surface area contributed by atoms with Crippen molar-refractivity contribution in [1.82, 2.24) is 9.78 Å². The average molecular weight is 248 g/mol. The largest absolute Gasteiger partial charge is 0.384 e. The Morgan fingerprint density at radius 3 is 2.88 bits per heavy atom. The fourth-order valence-electron chi connectivity index (χ4n) is 2.01. The van der Waals surface area contributed by atoms with E-state index in [1.54, 1.807) is 4.68 Å². The maximum atomic E-state index is 6.12. The summed E-state index contributed by atoms with van der Waals surface area (Å²) in [5, 5.41) is 5.32. The van der Waals surface area contributed by atoms with E-state index in [9.17, 15) is 0 Å². The van der Waals surface area contributed by atoms with Gasteiger partial charge in [0, 0.05) is 17.0 Å². The van der Waals surface area contributed by atoms with Gasteiger partial charge in [-0.05, 0) is 37.5 Å². The van der Waals surface area contributed by atoms with Crippen molar-refractivity contribution in [2.45, 2.75) is 25.7 Å². The zero-order valence-corrected chi connectivity index (χ0v) is 10.4. The minimum absolute atomic E-state index is 0.609. The number of hydrogen-bond donors (Lipinski definition) is 1. The third kappa shape index (κ3) is 1.80. The molecule has 0 unspecified atom stereocenters. The predicted molar refractivity (Wildman–Crippen MR) is 69.7 cm³/mol. The van der Waals surface area contributed by atoms with Gasteiger partial charge in [-0.1, -0.05) is 17.7 Å². The van der Waals surface area contributed by atoms with Gasteiger partial charge in [0.1, 0.15) is 5.82 Å². The van der Waals surface area contributed by atoms with Crippen LogP contribution in [0.4, 0.5) is 5.82 Å². The molecule has 2 N–H and O–H groups in total. The van der Waals surface area contributed by atoms with Crippen molar-refractivity contribution >= 4 is 17.4 Å². The van der Waals surface area contributed by atoms with Crippen LogP contribution in [-0.4, -0.2) is 9.78 Å². The fraction of sp³-hybridized carbons (Fsp3) is 0.308. The maximum Gasteiger partial charge on any atom is 0.127 e. The number of benzene rings is 1. The molecule has 3 rings (SSSR count). The lowest BCUT2D eigenvalue weighted by atomic mass is 10.2. The molecule has 88 valence electrons. The van der Waals surface area contributed by atoms with Crippen molar-refractivity contribution in [3.63, 3.8) is 0 Å². The van der Waals surface area contributed by atoms with Gasteiger partial charge in [-0.3, -0.25) is 0 Å². The summed E-state index contributed by atoms with van der Waals surface area (Å²) in [5.41, 5.74) is 9.08.